The molecule has 0 aliphatic heterocycles. The molecule has 0 saturated heterocycles. The number of aliphatic carboxylic acids is 1. The zero-order valence-corrected chi connectivity index (χ0v) is 9.67. The van der Waals surface area contributed by atoms with Gasteiger partial charge in [0.1, 0.15) is 5.82 Å². The van der Waals surface area contributed by atoms with Gasteiger partial charge in [0.25, 0.3) is 0 Å². The molecule has 0 fully saturated rings. The molecule has 0 amide bonds. The number of benzene rings is 1. The SMILES string of the molecule is CCN(CCC(=O)O)c1ccc(F)c(Cl)c1. The van der Waals surface area contributed by atoms with Gasteiger partial charge in [0, 0.05) is 18.8 Å². The topological polar surface area (TPSA) is 40.5 Å². The maximum Gasteiger partial charge on any atom is 0.305 e. The molecule has 0 atom stereocenters. The molecule has 0 spiro atoms. The standard InChI is InChI=1S/C11H13ClFNO2/c1-2-14(6-5-11(15)16)8-3-4-10(13)9(12)7-8/h3-4,7H,2,5-6H2,1H3,(H,15,16). The van der Waals surface area contributed by atoms with Crippen LogP contribution in [-0.4, -0.2) is 24.2 Å². The van der Waals surface area contributed by atoms with E-state index in [9.17, 15) is 9.18 Å². The second kappa shape index (κ2) is 5.70. The Morgan fingerprint density at radius 3 is 2.75 bits per heavy atom. The fourth-order valence-electron chi connectivity index (χ4n) is 1.38. The Morgan fingerprint density at radius 1 is 1.56 bits per heavy atom. The minimum atomic E-state index is -0.855. The maximum absolute atomic E-state index is 12.9. The van der Waals surface area contributed by atoms with Crippen molar-refractivity contribution >= 4 is 23.3 Å². The van der Waals surface area contributed by atoms with Gasteiger partial charge in [-0.15, -0.1) is 0 Å². The van der Waals surface area contributed by atoms with Crippen LogP contribution in [0.2, 0.25) is 5.02 Å². The Balaban J connectivity index is 2.78. The number of nitrogens with zero attached hydrogens (tertiary/aromatic N) is 1. The Bertz CT molecular complexity index is 384. The van der Waals surface area contributed by atoms with E-state index >= 15 is 0 Å². The summed E-state index contributed by atoms with van der Waals surface area (Å²) in [5, 5.41) is 8.64. The molecule has 1 aromatic carbocycles. The molecule has 1 rings (SSSR count). The summed E-state index contributed by atoms with van der Waals surface area (Å²) in [4.78, 5) is 12.3. The highest BCUT2D eigenvalue weighted by Crippen LogP contribution is 2.22. The molecule has 0 aliphatic rings. The molecule has 1 aromatic rings. The van der Waals surface area contributed by atoms with Crippen molar-refractivity contribution in [3.8, 4) is 0 Å². The first-order chi connectivity index (χ1) is 7.54. The lowest BCUT2D eigenvalue weighted by atomic mass is 10.2. The molecule has 0 radical (unpaired) electrons. The molecular formula is C11H13ClFNO2. The third-order valence-electron chi connectivity index (χ3n) is 2.25. The lowest BCUT2D eigenvalue weighted by molar-refractivity contribution is -0.136. The summed E-state index contributed by atoms with van der Waals surface area (Å²) < 4.78 is 12.9. The summed E-state index contributed by atoms with van der Waals surface area (Å²) in [6, 6.07) is 4.37. The van der Waals surface area contributed by atoms with Crippen LogP contribution in [0.4, 0.5) is 10.1 Å². The van der Waals surface area contributed by atoms with E-state index in [-0.39, 0.29) is 11.4 Å². The van der Waals surface area contributed by atoms with Crippen molar-refractivity contribution < 1.29 is 14.3 Å². The van der Waals surface area contributed by atoms with E-state index in [1.165, 1.54) is 12.1 Å². The zero-order chi connectivity index (χ0) is 12.1. The molecule has 1 N–H and O–H groups in total. The van der Waals surface area contributed by atoms with Gasteiger partial charge in [-0.2, -0.15) is 0 Å². The Morgan fingerprint density at radius 2 is 2.25 bits per heavy atom. The largest absolute Gasteiger partial charge is 0.481 e. The van der Waals surface area contributed by atoms with Crippen LogP contribution < -0.4 is 4.90 Å². The average molecular weight is 246 g/mol. The number of hydrogen-bond donors (Lipinski definition) is 1. The predicted octanol–water partition coefficient (Wildman–Crippen LogP) is 2.78. The van der Waals surface area contributed by atoms with Crippen molar-refractivity contribution in [2.45, 2.75) is 13.3 Å². The van der Waals surface area contributed by atoms with E-state index in [2.05, 4.69) is 0 Å². The average Bonchev–Trinajstić information content (AvgIpc) is 2.23. The Labute approximate surface area is 98.4 Å². The third kappa shape index (κ3) is 3.38. The quantitative estimate of drug-likeness (QED) is 0.867. The van der Waals surface area contributed by atoms with Crippen LogP contribution in [0, 0.1) is 5.82 Å². The van der Waals surface area contributed by atoms with E-state index < -0.39 is 11.8 Å². The van der Waals surface area contributed by atoms with Gasteiger partial charge < -0.3 is 10.0 Å². The van der Waals surface area contributed by atoms with Crippen molar-refractivity contribution in [1.82, 2.24) is 0 Å². The van der Waals surface area contributed by atoms with Crippen LogP contribution in [0.1, 0.15) is 13.3 Å². The van der Waals surface area contributed by atoms with Crippen LogP contribution >= 0.6 is 11.6 Å². The van der Waals surface area contributed by atoms with Crippen molar-refractivity contribution in [2.24, 2.45) is 0 Å². The fourth-order valence-corrected chi connectivity index (χ4v) is 1.56. The molecule has 0 saturated carbocycles. The lowest BCUT2D eigenvalue weighted by Crippen LogP contribution is -2.25. The number of halogens is 2. The molecule has 0 heterocycles. The lowest BCUT2D eigenvalue weighted by Gasteiger charge is -2.22. The summed E-state index contributed by atoms with van der Waals surface area (Å²) in [6.07, 6.45) is 0.0445. The molecule has 0 unspecified atom stereocenters. The summed E-state index contributed by atoms with van der Waals surface area (Å²) in [7, 11) is 0. The summed E-state index contributed by atoms with van der Waals surface area (Å²) in [6.45, 7) is 2.93. The van der Waals surface area contributed by atoms with Crippen molar-refractivity contribution in [3.05, 3.63) is 29.0 Å². The number of carboxylic acids is 1. The third-order valence-corrected chi connectivity index (χ3v) is 2.54. The first-order valence-electron chi connectivity index (χ1n) is 4.96. The first kappa shape index (κ1) is 12.8. The van der Waals surface area contributed by atoms with Crippen molar-refractivity contribution in [2.75, 3.05) is 18.0 Å². The normalized spacial score (nSPS) is 10.2. The monoisotopic (exact) mass is 245 g/mol. The van der Waals surface area contributed by atoms with E-state index in [4.69, 9.17) is 16.7 Å². The zero-order valence-electron chi connectivity index (χ0n) is 8.91. The van der Waals surface area contributed by atoms with Gasteiger partial charge in [-0.1, -0.05) is 11.6 Å². The second-order valence-electron chi connectivity index (χ2n) is 3.32. The molecule has 0 bridgehead atoms. The number of rotatable bonds is 5. The van der Waals surface area contributed by atoms with Crippen LogP contribution in [0.25, 0.3) is 0 Å². The minimum Gasteiger partial charge on any atom is -0.481 e. The highest BCUT2D eigenvalue weighted by atomic mass is 35.5. The second-order valence-corrected chi connectivity index (χ2v) is 3.73. The van der Waals surface area contributed by atoms with Gasteiger partial charge >= 0.3 is 5.97 Å². The van der Waals surface area contributed by atoms with Gasteiger partial charge in [-0.05, 0) is 25.1 Å². The van der Waals surface area contributed by atoms with Gasteiger partial charge in [-0.3, -0.25) is 4.79 Å². The number of carbonyl (C=O) groups is 1. The van der Waals surface area contributed by atoms with Gasteiger partial charge in [0.15, 0.2) is 0 Å². The molecule has 3 nitrogen and oxygen atoms in total. The summed E-state index contributed by atoms with van der Waals surface area (Å²) in [5.41, 5.74) is 0.732. The van der Waals surface area contributed by atoms with Crippen LogP contribution in [0.3, 0.4) is 0 Å². The Kier molecular flexibility index (Phi) is 4.55. The smallest absolute Gasteiger partial charge is 0.305 e. The highest BCUT2D eigenvalue weighted by Gasteiger charge is 2.08. The minimum absolute atomic E-state index is 0.0445. The maximum atomic E-state index is 12.9. The van der Waals surface area contributed by atoms with Gasteiger partial charge in [-0.25, -0.2) is 4.39 Å². The number of hydrogen-bond acceptors (Lipinski definition) is 2. The summed E-state index contributed by atoms with van der Waals surface area (Å²) in [5.74, 6) is -1.33. The molecule has 0 aromatic heterocycles. The van der Waals surface area contributed by atoms with Crippen molar-refractivity contribution in [3.63, 3.8) is 0 Å². The fraction of sp³-hybridized carbons (Fsp3) is 0.364. The van der Waals surface area contributed by atoms with Crippen molar-refractivity contribution in [1.29, 1.82) is 0 Å². The molecular weight excluding hydrogens is 233 g/mol. The number of anilines is 1. The highest BCUT2D eigenvalue weighted by molar-refractivity contribution is 6.31. The van der Waals surface area contributed by atoms with E-state index in [1.807, 2.05) is 11.8 Å². The Hall–Kier alpha value is -1.29. The van der Waals surface area contributed by atoms with E-state index in [0.29, 0.717) is 13.1 Å². The van der Waals surface area contributed by atoms with Crippen LogP contribution in [0.15, 0.2) is 18.2 Å². The van der Waals surface area contributed by atoms with Crippen LogP contribution in [-0.2, 0) is 4.79 Å². The first-order valence-corrected chi connectivity index (χ1v) is 5.34. The predicted molar refractivity (Wildman–Crippen MR) is 61.5 cm³/mol. The molecule has 16 heavy (non-hydrogen) atoms. The molecule has 5 heteroatoms. The molecule has 0 aliphatic carbocycles. The number of carboxylic acid groups (broad SMARTS) is 1. The summed E-state index contributed by atoms with van der Waals surface area (Å²) >= 11 is 5.66. The van der Waals surface area contributed by atoms with Gasteiger partial charge in [0.2, 0.25) is 0 Å². The van der Waals surface area contributed by atoms with Gasteiger partial charge in [0.05, 0.1) is 11.4 Å². The van der Waals surface area contributed by atoms with E-state index in [1.54, 1.807) is 6.07 Å². The van der Waals surface area contributed by atoms with E-state index in [0.717, 1.165) is 5.69 Å². The molecule has 88 valence electrons. The van der Waals surface area contributed by atoms with Crippen LogP contribution in [0.5, 0.6) is 0 Å².